The Balaban J connectivity index is 0.000000144. The first kappa shape index (κ1) is 103. The molecule has 19 aromatic rings. The van der Waals surface area contributed by atoms with Crippen LogP contribution in [-0.4, -0.2) is 84.6 Å². The summed E-state index contributed by atoms with van der Waals surface area (Å²) in [6, 6.07) is 68.1. The molecule has 1 aliphatic heterocycles. The predicted molar refractivity (Wildman–Crippen MR) is 572 cm³/mol. The van der Waals surface area contributed by atoms with Gasteiger partial charge >= 0.3 is 0 Å². The Morgan fingerprint density at radius 2 is 0.778 bits per heavy atom. The number of pyridine rings is 4. The van der Waals surface area contributed by atoms with Gasteiger partial charge in [-0.05, 0) is 230 Å². The Labute approximate surface area is 805 Å². The molecule has 0 saturated carbocycles. The minimum atomic E-state index is 0.167. The molecule has 0 amide bonds. The number of rotatable bonds is 0. The van der Waals surface area contributed by atoms with E-state index in [1.165, 1.54) is 87.8 Å². The van der Waals surface area contributed by atoms with Crippen LogP contribution in [0.15, 0.2) is 286 Å². The molecule has 0 atom stereocenters. The van der Waals surface area contributed by atoms with Crippen LogP contribution < -0.4 is 0 Å². The molecular formula is C117H143N17S. The van der Waals surface area contributed by atoms with Crippen LogP contribution in [0.1, 0.15) is 274 Å². The standard InChI is InChI=1S/2C13H15N.C12H16N2.2C12H14N2.C12H15N.2C11H14N2.C11H13NS.C10H13N3/c1-13(2,3)11-6-7-12-10(9-11)5-4-8-14-12;1-13(2,3)11-7-6-10-5-4-8-14-12(10)9-11;1-12(2,3)9-5-6-10-11(7-9)14(4)8-13-10;1-12(2,3)10-4-5-11-9(6-10)7-13-8-14-11;1-12(2,3)9-4-5-10-11(8-9)14-7-6-13-10;1-12(2,3)11-5-4-9-7-13-8-10(9)6-11;1-11(2,3)8-4-5-9-10(6-8)13-7-12-9;1-11(2,3)9-4-5-10-12-6-7-13(10)8-9;1-11(2,3)8-4-5-9-10(6-8)13-7-12-9;1-10(2,3)8-4-5-9-11-7-12-13(9)6-8/h2*4-9H,1-3H3;5-8H,1-4H3;2*4-8H,1-3H3;4-6,8H,7H2,1-3H3;4-7H,1-3H3,(H,12,13);4-8H,1-3H3;2*4-7H,1-3H3. The summed E-state index contributed by atoms with van der Waals surface area (Å²) in [5.41, 5.74) is 32.5. The fourth-order valence-electron chi connectivity index (χ4n) is 14.5. The zero-order valence-corrected chi connectivity index (χ0v) is 86.7. The number of fused-ring (bicyclic) bond motifs is 10. The molecule has 20 rings (SSSR count). The number of aromatic amines is 1. The second-order valence-corrected chi connectivity index (χ2v) is 46.0. The first-order chi connectivity index (χ1) is 63.1. The van der Waals surface area contributed by atoms with Gasteiger partial charge in [-0.15, -0.1) is 11.3 Å². The van der Waals surface area contributed by atoms with Gasteiger partial charge in [0.25, 0.3) is 0 Å². The van der Waals surface area contributed by atoms with E-state index in [1.807, 2.05) is 86.5 Å². The van der Waals surface area contributed by atoms with Gasteiger partial charge in [-0.3, -0.25) is 24.9 Å². The van der Waals surface area contributed by atoms with Crippen molar-refractivity contribution < 1.29 is 0 Å². The van der Waals surface area contributed by atoms with Crippen molar-refractivity contribution in [2.75, 3.05) is 0 Å². The molecule has 12 heterocycles. The summed E-state index contributed by atoms with van der Waals surface area (Å²) in [4.78, 5) is 53.8. The van der Waals surface area contributed by atoms with Crippen LogP contribution in [0, 0.1) is 0 Å². The van der Waals surface area contributed by atoms with Crippen molar-refractivity contribution in [1.29, 1.82) is 0 Å². The van der Waals surface area contributed by atoms with Crippen LogP contribution in [0.5, 0.6) is 0 Å². The van der Waals surface area contributed by atoms with Crippen LogP contribution in [0.2, 0.25) is 0 Å². The van der Waals surface area contributed by atoms with E-state index in [0.29, 0.717) is 0 Å². The van der Waals surface area contributed by atoms with E-state index in [2.05, 4.69) is 463 Å². The van der Waals surface area contributed by atoms with E-state index in [4.69, 9.17) is 0 Å². The third kappa shape index (κ3) is 28.8. The van der Waals surface area contributed by atoms with Gasteiger partial charge in [-0.2, -0.15) is 5.10 Å². The molecule has 0 aliphatic carbocycles. The lowest BCUT2D eigenvalue weighted by molar-refractivity contribution is 0.584. The number of nitrogens with one attached hydrogen (secondary N) is 1. The maximum absolute atomic E-state index is 4.36. The monoisotopic (exact) mass is 1820 g/mol. The SMILES string of the molecule is CC(C)(C)c1ccc2c(c1)C=NC2.CC(C)(C)c1ccc2cccnc2c1.CC(C)(C)c1ccc2nc[nH]c2c1.CC(C)(C)c1ccc2ncccc2c1.CC(C)(C)c1ccc2nccn2c1.CC(C)(C)c1ccc2nccnc2c1.CC(C)(C)c1ccc2ncncc2c1.CC(C)(C)c1ccc2ncnn2c1.CC(C)(C)c1ccc2ncsc2c1.Cn1cnc2ccc(C(C)(C)C)cc21. The molecule has 702 valence electrons. The Bertz CT molecular complexity index is 6470. The first-order valence-electron chi connectivity index (χ1n) is 46.8. The molecule has 0 saturated heterocycles. The largest absolute Gasteiger partial charge is 0.345 e. The first-order valence-corrected chi connectivity index (χ1v) is 47.7. The Kier molecular flexibility index (Phi) is 32.2. The van der Waals surface area contributed by atoms with Crippen LogP contribution in [0.25, 0.3) is 87.3 Å². The summed E-state index contributed by atoms with van der Waals surface area (Å²) in [5.74, 6) is 0. The molecule has 0 fully saturated rings. The summed E-state index contributed by atoms with van der Waals surface area (Å²) >= 11 is 1.71. The van der Waals surface area contributed by atoms with Gasteiger partial charge in [0, 0.05) is 85.2 Å². The zero-order valence-electron chi connectivity index (χ0n) is 85.9. The summed E-state index contributed by atoms with van der Waals surface area (Å²) in [6.45, 7) is 67.3. The van der Waals surface area contributed by atoms with E-state index in [0.717, 1.165) is 72.9 Å². The number of aryl methyl sites for hydroxylation is 1. The average molecular weight is 1820 g/mol. The molecule has 11 aromatic heterocycles. The molecule has 1 aliphatic rings. The summed E-state index contributed by atoms with van der Waals surface area (Å²) < 4.78 is 7.21. The van der Waals surface area contributed by atoms with Crippen LogP contribution in [0.4, 0.5) is 0 Å². The van der Waals surface area contributed by atoms with Crippen molar-refractivity contribution in [1.82, 2.24) is 78.4 Å². The molecular weight excluding hydrogens is 1680 g/mol. The van der Waals surface area contributed by atoms with Crippen molar-refractivity contribution in [2.24, 2.45) is 12.0 Å². The predicted octanol–water partition coefficient (Wildman–Crippen LogP) is 29.8. The van der Waals surface area contributed by atoms with Gasteiger partial charge in [0.15, 0.2) is 5.65 Å². The third-order valence-corrected chi connectivity index (χ3v) is 24.4. The number of aromatic nitrogens is 16. The fraction of sp³-hybridized carbons (Fsp3) is 0.359. The number of hydrogen-bond donors (Lipinski definition) is 1. The molecule has 0 unspecified atom stereocenters. The van der Waals surface area contributed by atoms with E-state index < -0.39 is 0 Å². The minimum Gasteiger partial charge on any atom is -0.345 e. The lowest BCUT2D eigenvalue weighted by atomic mass is 9.85. The second-order valence-electron chi connectivity index (χ2n) is 45.1. The van der Waals surface area contributed by atoms with Crippen LogP contribution in [0.3, 0.4) is 0 Å². The van der Waals surface area contributed by atoms with Crippen molar-refractivity contribution in [3.63, 3.8) is 0 Å². The molecule has 18 heteroatoms. The zero-order chi connectivity index (χ0) is 98.4. The van der Waals surface area contributed by atoms with E-state index >= 15 is 0 Å². The van der Waals surface area contributed by atoms with Gasteiger partial charge in [0.05, 0.1) is 84.6 Å². The molecule has 8 aromatic carbocycles. The molecule has 0 spiro atoms. The van der Waals surface area contributed by atoms with Gasteiger partial charge in [0.1, 0.15) is 18.3 Å². The topological polar surface area (TPSA) is 197 Å². The van der Waals surface area contributed by atoms with Gasteiger partial charge in [-0.25, -0.2) is 39.4 Å². The number of nitrogens with zero attached hydrogens (tertiary/aromatic N) is 16. The maximum Gasteiger partial charge on any atom is 0.155 e. The number of aliphatic imine (C=N–C) groups is 1. The summed E-state index contributed by atoms with van der Waals surface area (Å²) in [7, 11) is 2.03. The minimum absolute atomic E-state index is 0.167. The van der Waals surface area contributed by atoms with Crippen LogP contribution >= 0.6 is 11.3 Å². The molecule has 135 heavy (non-hydrogen) atoms. The number of imidazole rings is 3. The highest BCUT2D eigenvalue weighted by atomic mass is 32.1. The number of H-pyrrole nitrogens is 1. The lowest BCUT2D eigenvalue weighted by Gasteiger charge is -2.19. The van der Waals surface area contributed by atoms with Gasteiger partial charge < -0.3 is 14.0 Å². The Morgan fingerprint density at radius 1 is 0.319 bits per heavy atom. The van der Waals surface area contributed by atoms with Crippen LogP contribution in [-0.2, 0) is 67.7 Å². The molecule has 0 bridgehead atoms. The second kappa shape index (κ2) is 42.3. The van der Waals surface area contributed by atoms with Crippen molar-refractivity contribution in [3.05, 3.63) is 347 Å². The van der Waals surface area contributed by atoms with E-state index in [1.54, 1.807) is 47.2 Å². The van der Waals surface area contributed by atoms with E-state index in [9.17, 15) is 0 Å². The number of hydrogen-bond acceptors (Lipinski definition) is 14. The van der Waals surface area contributed by atoms with E-state index in [-0.39, 0.29) is 54.1 Å². The van der Waals surface area contributed by atoms with Crippen molar-refractivity contribution in [3.8, 4) is 0 Å². The lowest BCUT2D eigenvalue weighted by Crippen LogP contribution is -2.12. The molecule has 1 N–H and O–H groups in total. The summed E-state index contributed by atoms with van der Waals surface area (Å²) in [5, 5.41) is 7.64. The highest BCUT2D eigenvalue weighted by Gasteiger charge is 2.23. The Morgan fingerprint density at radius 3 is 1.39 bits per heavy atom. The maximum atomic E-state index is 4.36. The normalized spacial score (nSPS) is 12.3. The third-order valence-electron chi connectivity index (χ3n) is 23.6. The van der Waals surface area contributed by atoms with Gasteiger partial charge in [-0.1, -0.05) is 293 Å². The highest BCUT2D eigenvalue weighted by molar-refractivity contribution is 7.16. The number of thiazole rings is 1. The summed E-state index contributed by atoms with van der Waals surface area (Å²) in [6.07, 6.45) is 25.7. The van der Waals surface area contributed by atoms with Crippen molar-refractivity contribution >= 4 is 105 Å². The highest BCUT2D eigenvalue weighted by Crippen LogP contribution is 2.34. The average Bonchev–Trinajstić information content (AvgIpc) is 1.72. The smallest absolute Gasteiger partial charge is 0.155 e. The van der Waals surface area contributed by atoms with Crippen molar-refractivity contribution in [2.45, 2.75) is 268 Å². The number of benzene rings is 8. The Hall–Kier alpha value is -12.9. The fourth-order valence-corrected chi connectivity index (χ4v) is 15.2. The molecule has 17 nitrogen and oxygen atoms in total. The molecule has 0 radical (unpaired) electrons. The van der Waals surface area contributed by atoms with Gasteiger partial charge in [0.2, 0.25) is 0 Å². The quantitative estimate of drug-likeness (QED) is 0.151.